The first kappa shape index (κ1) is 60.5. The Morgan fingerprint density at radius 3 is 0.500 bits per heavy atom. The van der Waals surface area contributed by atoms with E-state index < -0.39 is 100 Å². The molecular formula is C13H30Mo6NO24-11. The van der Waals surface area contributed by atoms with E-state index >= 15 is 0 Å². The fourth-order valence-electron chi connectivity index (χ4n) is 1.95. The van der Waals surface area contributed by atoms with Gasteiger partial charge in [0.15, 0.2) is 0 Å². The van der Waals surface area contributed by atoms with Crippen LogP contribution < -0.4 is 45.1 Å². The summed E-state index contributed by atoms with van der Waals surface area (Å²) in [5, 5.41) is 0. The Kier molecular flexibility index (Phi) is 41.7. The summed E-state index contributed by atoms with van der Waals surface area (Å²) in [5.74, 6) is 0. The second-order valence-corrected chi connectivity index (χ2v) is 19.3. The second-order valence-electron chi connectivity index (χ2n) is 7.30. The minimum atomic E-state index is -6.02. The Balaban J connectivity index is -0.0000000776. The summed E-state index contributed by atoms with van der Waals surface area (Å²) in [6.45, 7) is 11.0. The van der Waals surface area contributed by atoms with E-state index in [4.69, 9.17) is 85.9 Å². The first-order valence-electron chi connectivity index (χ1n) is 10.5. The van der Waals surface area contributed by atoms with Crippen LogP contribution in [0.5, 0.6) is 0 Å². The summed E-state index contributed by atoms with van der Waals surface area (Å²) < 4.78 is 208. The summed E-state index contributed by atoms with van der Waals surface area (Å²) in [6.07, 6.45) is 8.20. The number of rotatable bonds is 9. The quantitative estimate of drug-likeness (QED) is 0.153. The monoisotopic (exact) mass is 1170 g/mol. The van der Waals surface area contributed by atoms with Gasteiger partial charge < -0.3 is 4.48 Å². The van der Waals surface area contributed by atoms with Gasteiger partial charge in [-0.25, -0.2) is 0 Å². The summed E-state index contributed by atoms with van der Waals surface area (Å²) in [7, 11) is 2.45. The summed E-state index contributed by atoms with van der Waals surface area (Å²) >= 11 is -36.1. The molecule has 0 bridgehead atoms. The van der Waals surface area contributed by atoms with Crippen molar-refractivity contribution in [3.63, 3.8) is 0 Å². The molecule has 0 saturated carbocycles. The van der Waals surface area contributed by atoms with Crippen LogP contribution in [-0.2, 0) is 141 Å². The van der Waals surface area contributed by atoms with Crippen LogP contribution in [0.1, 0.15) is 59.3 Å². The van der Waals surface area contributed by atoms with Gasteiger partial charge in [-0.15, -0.1) is 0 Å². The molecule has 0 aliphatic heterocycles. The molecule has 0 aromatic carbocycles. The van der Waals surface area contributed by atoms with Gasteiger partial charge in [-0.1, -0.05) is 40.0 Å². The molecule has 25 nitrogen and oxygen atoms in total. The van der Waals surface area contributed by atoms with Crippen molar-refractivity contribution in [2.45, 2.75) is 59.3 Å². The van der Waals surface area contributed by atoms with Crippen LogP contribution in [0.25, 0.3) is 0 Å². The molecule has 0 atom stereocenters. The Labute approximate surface area is 274 Å². The van der Waals surface area contributed by atoms with E-state index in [0.29, 0.717) is 0 Å². The predicted octanol–water partition coefficient (Wildman–Crippen LogP) is -11.9. The van der Waals surface area contributed by atoms with Gasteiger partial charge in [-0.2, -0.15) is 0 Å². The van der Waals surface area contributed by atoms with Gasteiger partial charge in [0.2, 0.25) is 0 Å². The van der Waals surface area contributed by atoms with Crippen molar-refractivity contribution >= 4 is 0 Å². The zero-order valence-corrected chi connectivity index (χ0v) is 35.1. The average Bonchev–Trinajstić information content (AvgIpc) is 2.62. The first-order valence-corrected chi connectivity index (χ1v) is 30.2. The molecule has 31 heteroatoms. The van der Waals surface area contributed by atoms with E-state index in [1.165, 1.54) is 62.6 Å². The van der Waals surface area contributed by atoms with Crippen molar-refractivity contribution in [1.82, 2.24) is 0 Å². The molecule has 0 N–H and O–H groups in total. The van der Waals surface area contributed by atoms with Gasteiger partial charge >= 0.3 is 186 Å². The molecule has 0 unspecified atom stereocenters. The molecule has 0 aromatic rings. The zero-order valence-electron chi connectivity index (χ0n) is 23.1. The van der Waals surface area contributed by atoms with E-state index in [-0.39, 0.29) is 0 Å². The summed E-state index contributed by atoms with van der Waals surface area (Å²) in [5.41, 5.74) is 0. The van der Waals surface area contributed by atoms with Crippen molar-refractivity contribution in [3.05, 3.63) is 0 Å². The number of hydrogen-bond acceptors (Lipinski definition) is 24. The molecule has 44 heavy (non-hydrogen) atoms. The molecule has 278 valence electrons. The van der Waals surface area contributed by atoms with Crippen molar-refractivity contribution < 1.29 is 191 Å². The Bertz CT molecular complexity index is 1020. The normalized spacial score (nSPS) is 11.7. The van der Waals surface area contributed by atoms with Crippen LogP contribution in [0.15, 0.2) is 0 Å². The molecule has 0 aliphatic rings. The van der Waals surface area contributed by atoms with Crippen molar-refractivity contribution in [2.24, 2.45) is 0 Å². The van der Waals surface area contributed by atoms with E-state index in [1.54, 1.807) is 0 Å². The predicted molar refractivity (Wildman–Crippen MR) is 73.7 cm³/mol. The topological polar surface area (TPSA) is 482 Å². The van der Waals surface area contributed by atoms with Gasteiger partial charge in [0.05, 0.1) is 26.7 Å². The van der Waals surface area contributed by atoms with Gasteiger partial charge in [0, 0.05) is 0 Å². The van der Waals surface area contributed by atoms with Crippen LogP contribution in [0.4, 0.5) is 0 Å². The van der Waals surface area contributed by atoms with E-state index in [0.717, 1.165) is 0 Å². The van der Waals surface area contributed by atoms with Crippen molar-refractivity contribution in [3.8, 4) is 0 Å². The van der Waals surface area contributed by atoms with Crippen LogP contribution in [0.3, 0.4) is 0 Å². The van der Waals surface area contributed by atoms with E-state index in [9.17, 15) is 0 Å². The molecule has 0 aliphatic carbocycles. The second kappa shape index (κ2) is 30.3. The Morgan fingerprint density at radius 2 is 0.432 bits per heavy atom. The van der Waals surface area contributed by atoms with Gasteiger partial charge in [0.1, 0.15) is 0 Å². The third-order valence-corrected chi connectivity index (χ3v) is 3.15. The summed E-state index contributed by atoms with van der Waals surface area (Å²) in [6, 6.07) is 0. The summed E-state index contributed by atoms with van der Waals surface area (Å²) in [4.78, 5) is 0. The third-order valence-electron chi connectivity index (χ3n) is 3.15. The Morgan fingerprint density at radius 1 is 0.341 bits per heavy atom. The van der Waals surface area contributed by atoms with E-state index in [1.807, 2.05) is 0 Å². The van der Waals surface area contributed by atoms with Crippen LogP contribution in [0.2, 0.25) is 0 Å². The molecule has 0 spiro atoms. The fourth-order valence-corrected chi connectivity index (χ4v) is 1.95. The number of nitrogens with zero attached hydrogens (tertiary/aromatic N) is 1. The van der Waals surface area contributed by atoms with E-state index in [2.05, 4.69) is 27.8 Å². The maximum absolute atomic E-state index is 8.63. The molecule has 0 fully saturated rings. The molecule has 0 saturated heterocycles. The van der Waals surface area contributed by atoms with Gasteiger partial charge in [-0.3, -0.25) is 0 Å². The molecule has 0 aromatic heterocycles. The molecular weight excluding hydrogens is 1130 g/mol. The van der Waals surface area contributed by atoms with Crippen LogP contribution in [0, 0.1) is 0 Å². The third kappa shape index (κ3) is 293. The first-order chi connectivity index (χ1) is 18.7. The average molecular weight is 1160 g/mol. The molecule has 0 rings (SSSR count). The maximum atomic E-state index is 8.63. The minimum absolute atomic E-state index is 1.32. The van der Waals surface area contributed by atoms with Crippen molar-refractivity contribution in [2.75, 3.05) is 26.7 Å². The van der Waals surface area contributed by atoms with Gasteiger partial charge in [0.25, 0.3) is 0 Å². The number of hydrogen-bond donors (Lipinski definition) is 0. The van der Waals surface area contributed by atoms with Crippen molar-refractivity contribution in [1.29, 1.82) is 0 Å². The molecule has 0 heterocycles. The molecule has 0 radical (unpaired) electrons. The molecule has 0 amide bonds. The Hall–Kier alpha value is 1.21. The fraction of sp³-hybridized carbons (Fsp3) is 1.00. The standard InChI is InChI=1S/C13H30N.6Mo.24O/c1-5-8-11-14(4,12-9-6-2)13-10-7-3;;;;;;;;;;;;;;;;;;;;;;;;;;;;;;/h5-13H2,1-4H3;;;;;;;;;;;;;;;;;;;;;;;;;;;;;;/q+1;;;;;;;;;;;;;;;;;;;12*-1. The van der Waals surface area contributed by atoms with Crippen LogP contribution in [-0.4, -0.2) is 31.2 Å². The van der Waals surface area contributed by atoms with Gasteiger partial charge in [-0.05, 0) is 19.3 Å². The van der Waals surface area contributed by atoms with Crippen LogP contribution >= 0.6 is 0 Å². The number of quaternary nitrogens is 1. The SMILES string of the molecule is CCCC[N+](C)(CCCC)CCCC.[O]=[Mo](=[O])([O-])[O-].[O]=[Mo](=[O])([O-])[O-].[O]=[Mo](=[O])([O-])[O-].[O]=[Mo](=[O])([O-])[O-].[O]=[Mo](=[O])([O-])[O-].[O]=[Mo](=[O])([O-])[O-]. The number of unbranched alkanes of at least 4 members (excludes halogenated alkanes) is 3. The zero-order chi connectivity index (χ0) is 37.9.